The van der Waals surface area contributed by atoms with Gasteiger partial charge in [0.1, 0.15) is 12.4 Å². The third kappa shape index (κ3) is 6.33. The molecule has 1 aliphatic heterocycles. The van der Waals surface area contributed by atoms with E-state index in [9.17, 15) is 5.11 Å². The van der Waals surface area contributed by atoms with E-state index in [1.807, 2.05) is 24.3 Å². The third-order valence-electron chi connectivity index (χ3n) is 7.26. The molecule has 2 fully saturated rings. The molecule has 0 radical (unpaired) electrons. The quantitative estimate of drug-likeness (QED) is 0.614. The van der Waals surface area contributed by atoms with E-state index in [0.717, 1.165) is 30.8 Å². The number of benzene rings is 2. The van der Waals surface area contributed by atoms with Crippen LogP contribution >= 0.6 is 0 Å². The van der Waals surface area contributed by atoms with E-state index in [-0.39, 0.29) is 12.0 Å². The van der Waals surface area contributed by atoms with Crippen molar-refractivity contribution < 1.29 is 9.84 Å². The van der Waals surface area contributed by atoms with Crippen LogP contribution < -0.4 is 4.74 Å². The molecule has 0 amide bonds. The lowest BCUT2D eigenvalue weighted by molar-refractivity contribution is 0.0232. The summed E-state index contributed by atoms with van der Waals surface area (Å²) < 4.78 is 6.20. The minimum atomic E-state index is -0.328. The van der Waals surface area contributed by atoms with Crippen LogP contribution in [-0.2, 0) is 6.61 Å². The molecule has 3 heteroatoms. The minimum Gasteiger partial charge on any atom is -0.489 e. The van der Waals surface area contributed by atoms with Crippen molar-refractivity contribution >= 4 is 0 Å². The van der Waals surface area contributed by atoms with Crippen molar-refractivity contribution in [2.24, 2.45) is 0 Å². The summed E-state index contributed by atoms with van der Waals surface area (Å²) in [6.45, 7) is 2.44. The number of nitrogens with zero attached hydrogens (tertiary/aromatic N) is 1. The number of hydrogen-bond acceptors (Lipinski definition) is 3. The fraction of sp³-hybridized carbons (Fsp3) is 0.571. The van der Waals surface area contributed by atoms with Crippen molar-refractivity contribution in [2.75, 3.05) is 13.1 Å². The first kappa shape index (κ1) is 22.4. The lowest BCUT2D eigenvalue weighted by atomic mass is 9.85. The van der Waals surface area contributed by atoms with Crippen LogP contribution in [-0.4, -0.2) is 35.2 Å². The van der Waals surface area contributed by atoms with Gasteiger partial charge < -0.3 is 9.84 Å². The minimum absolute atomic E-state index is 0.155. The predicted octanol–water partition coefficient (Wildman–Crippen LogP) is 6.31. The first-order valence-corrected chi connectivity index (χ1v) is 12.5. The highest BCUT2D eigenvalue weighted by Gasteiger charge is 2.33. The number of hydrogen-bond donors (Lipinski definition) is 1. The van der Waals surface area contributed by atoms with E-state index in [1.165, 1.54) is 63.4 Å². The maximum Gasteiger partial charge on any atom is 0.123 e. The van der Waals surface area contributed by atoms with Crippen LogP contribution in [0, 0.1) is 0 Å². The summed E-state index contributed by atoms with van der Waals surface area (Å²) in [6, 6.07) is 19.3. The van der Waals surface area contributed by atoms with Gasteiger partial charge in [-0.25, -0.2) is 0 Å². The smallest absolute Gasteiger partial charge is 0.123 e. The SMILES string of the molecule is OC1CN(C2CCCCCCCCC2)CCC1c1ccccc1OCc1ccccc1. The Morgan fingerprint density at radius 2 is 1.42 bits per heavy atom. The van der Waals surface area contributed by atoms with Crippen LogP contribution in [0.2, 0.25) is 0 Å². The van der Waals surface area contributed by atoms with Gasteiger partial charge in [-0.15, -0.1) is 0 Å². The van der Waals surface area contributed by atoms with Crippen LogP contribution in [0.1, 0.15) is 81.3 Å². The van der Waals surface area contributed by atoms with E-state index >= 15 is 0 Å². The highest BCUT2D eigenvalue weighted by molar-refractivity contribution is 5.37. The molecule has 0 bridgehead atoms. The Kier molecular flexibility index (Phi) is 8.43. The predicted molar refractivity (Wildman–Crippen MR) is 127 cm³/mol. The average Bonchev–Trinajstić information content (AvgIpc) is 2.82. The first-order valence-electron chi connectivity index (χ1n) is 12.5. The summed E-state index contributed by atoms with van der Waals surface area (Å²) in [5, 5.41) is 11.2. The normalized spacial score (nSPS) is 24.5. The molecule has 0 spiro atoms. The number of likely N-dealkylation sites (tertiary alicyclic amines) is 1. The van der Waals surface area contributed by atoms with Gasteiger partial charge in [0.25, 0.3) is 0 Å². The molecule has 1 aliphatic carbocycles. The Labute approximate surface area is 188 Å². The number of aliphatic hydroxyl groups excluding tert-OH is 1. The molecule has 2 aromatic carbocycles. The van der Waals surface area contributed by atoms with Crippen molar-refractivity contribution in [3.8, 4) is 5.75 Å². The van der Waals surface area contributed by atoms with Crippen molar-refractivity contribution in [1.29, 1.82) is 0 Å². The molecule has 168 valence electrons. The molecule has 0 aromatic heterocycles. The number of ether oxygens (including phenoxy) is 1. The molecule has 1 heterocycles. The van der Waals surface area contributed by atoms with E-state index < -0.39 is 0 Å². The third-order valence-corrected chi connectivity index (χ3v) is 7.26. The van der Waals surface area contributed by atoms with E-state index in [1.54, 1.807) is 0 Å². The van der Waals surface area contributed by atoms with E-state index in [2.05, 4.69) is 35.2 Å². The molecule has 4 rings (SSSR count). The fourth-order valence-electron chi connectivity index (χ4n) is 5.46. The van der Waals surface area contributed by atoms with Crippen LogP contribution in [0.3, 0.4) is 0 Å². The largest absolute Gasteiger partial charge is 0.489 e. The maximum atomic E-state index is 11.2. The van der Waals surface area contributed by atoms with Gasteiger partial charge in [-0.2, -0.15) is 0 Å². The van der Waals surface area contributed by atoms with Gasteiger partial charge in [0.15, 0.2) is 0 Å². The fourth-order valence-corrected chi connectivity index (χ4v) is 5.46. The molecule has 1 saturated carbocycles. The summed E-state index contributed by atoms with van der Waals surface area (Å²) in [6.07, 6.45) is 12.9. The molecule has 31 heavy (non-hydrogen) atoms. The van der Waals surface area contributed by atoms with Crippen LogP contribution in [0.15, 0.2) is 54.6 Å². The molecule has 2 aliphatic rings. The highest BCUT2D eigenvalue weighted by Crippen LogP contribution is 2.36. The molecule has 1 N–H and O–H groups in total. The second-order valence-electron chi connectivity index (χ2n) is 9.48. The van der Waals surface area contributed by atoms with Gasteiger partial charge in [-0.3, -0.25) is 4.90 Å². The number of rotatable bonds is 5. The van der Waals surface area contributed by atoms with Gasteiger partial charge in [0.2, 0.25) is 0 Å². The van der Waals surface area contributed by atoms with Gasteiger partial charge in [0.05, 0.1) is 6.10 Å². The number of para-hydroxylation sites is 1. The Morgan fingerprint density at radius 1 is 0.774 bits per heavy atom. The Morgan fingerprint density at radius 3 is 2.13 bits per heavy atom. The lowest BCUT2D eigenvalue weighted by Gasteiger charge is -2.41. The van der Waals surface area contributed by atoms with Crippen molar-refractivity contribution in [2.45, 2.75) is 88.9 Å². The van der Waals surface area contributed by atoms with Gasteiger partial charge >= 0.3 is 0 Å². The maximum absolute atomic E-state index is 11.2. The Hall–Kier alpha value is -1.84. The second kappa shape index (κ2) is 11.7. The molecule has 1 saturated heterocycles. The molecular formula is C28H39NO2. The molecule has 2 aromatic rings. The molecular weight excluding hydrogens is 382 g/mol. The molecule has 2 unspecified atom stereocenters. The van der Waals surface area contributed by atoms with Crippen molar-refractivity contribution in [3.63, 3.8) is 0 Å². The number of β-amino-alcohol motifs (C(OH)–C–C–N with tert-alkyl or cyclic N) is 1. The topological polar surface area (TPSA) is 32.7 Å². The molecule has 2 atom stereocenters. The zero-order valence-corrected chi connectivity index (χ0v) is 18.9. The monoisotopic (exact) mass is 421 g/mol. The first-order chi connectivity index (χ1) is 15.3. The van der Waals surface area contributed by atoms with Gasteiger partial charge in [-0.1, -0.05) is 93.5 Å². The van der Waals surface area contributed by atoms with Crippen LogP contribution in [0.25, 0.3) is 0 Å². The lowest BCUT2D eigenvalue weighted by Crippen LogP contribution is -2.47. The van der Waals surface area contributed by atoms with Crippen LogP contribution in [0.4, 0.5) is 0 Å². The van der Waals surface area contributed by atoms with Gasteiger partial charge in [-0.05, 0) is 43.0 Å². The zero-order chi connectivity index (χ0) is 21.3. The standard InChI is InChI=1S/C28H39NO2/c30-27-21-29(24-15-9-4-2-1-3-5-10-16-24)20-19-25(27)26-17-11-12-18-28(26)31-22-23-13-7-6-8-14-23/h6-8,11-14,17-18,24-25,27,30H,1-5,9-10,15-16,19-22H2. The number of piperidine rings is 1. The number of aliphatic hydroxyl groups is 1. The summed E-state index contributed by atoms with van der Waals surface area (Å²) in [4.78, 5) is 2.59. The van der Waals surface area contributed by atoms with E-state index in [4.69, 9.17) is 4.74 Å². The Balaban J connectivity index is 1.38. The van der Waals surface area contributed by atoms with Crippen LogP contribution in [0.5, 0.6) is 5.75 Å². The van der Waals surface area contributed by atoms with Crippen molar-refractivity contribution in [1.82, 2.24) is 4.90 Å². The summed E-state index contributed by atoms with van der Waals surface area (Å²) in [7, 11) is 0. The molecule has 3 nitrogen and oxygen atoms in total. The second-order valence-corrected chi connectivity index (χ2v) is 9.48. The van der Waals surface area contributed by atoms with Crippen molar-refractivity contribution in [3.05, 3.63) is 65.7 Å². The van der Waals surface area contributed by atoms with E-state index in [0.29, 0.717) is 12.6 Å². The summed E-state index contributed by atoms with van der Waals surface area (Å²) in [5.41, 5.74) is 2.33. The average molecular weight is 422 g/mol. The van der Waals surface area contributed by atoms with Gasteiger partial charge in [0, 0.05) is 18.5 Å². The Bertz CT molecular complexity index is 768. The summed E-state index contributed by atoms with van der Waals surface area (Å²) >= 11 is 0. The summed E-state index contributed by atoms with van der Waals surface area (Å²) in [5.74, 6) is 1.07. The zero-order valence-electron chi connectivity index (χ0n) is 18.9. The highest BCUT2D eigenvalue weighted by atomic mass is 16.5.